The smallest absolute Gasteiger partial charge is 0.355 e. The molecule has 0 aliphatic carbocycles. The number of carboxylic acids is 1. The number of thiazole rings is 1. The number of carboxylic acid groups (broad SMARTS) is 1. The topological polar surface area (TPSA) is 129 Å². The molecule has 220 valence electrons. The SMILES string of the molecule is CCC(C)(C)[C@H](NC(=O)[C@H]1C[C@H](C)CCN1C)C(=O)N(C)[C@H](C[C@@H](OC(C)=O)c1nc(C(=O)O)cs1)C(C)C. The lowest BCUT2D eigenvalue weighted by atomic mass is 9.80. The molecule has 2 rings (SSSR count). The molecule has 39 heavy (non-hydrogen) atoms. The molecule has 1 aliphatic rings. The summed E-state index contributed by atoms with van der Waals surface area (Å²) in [6.07, 6.45) is 1.89. The molecule has 1 aromatic heterocycles. The number of amides is 2. The Labute approximate surface area is 236 Å². The van der Waals surface area contributed by atoms with Gasteiger partial charge in [-0.25, -0.2) is 9.78 Å². The van der Waals surface area contributed by atoms with Gasteiger partial charge in [-0.1, -0.05) is 41.5 Å². The van der Waals surface area contributed by atoms with Gasteiger partial charge in [-0.3, -0.25) is 19.3 Å². The predicted molar refractivity (Wildman–Crippen MR) is 150 cm³/mol. The zero-order valence-electron chi connectivity index (χ0n) is 24.8. The Balaban J connectivity index is 2.34. The normalized spacial score (nSPS) is 20.7. The summed E-state index contributed by atoms with van der Waals surface area (Å²) in [5.41, 5.74) is -0.630. The largest absolute Gasteiger partial charge is 0.476 e. The fraction of sp³-hybridized carbons (Fsp3) is 0.750. The maximum Gasteiger partial charge on any atom is 0.355 e. The Bertz CT molecular complexity index is 1030. The van der Waals surface area contributed by atoms with E-state index < -0.39 is 29.5 Å². The van der Waals surface area contributed by atoms with Gasteiger partial charge in [-0.15, -0.1) is 11.3 Å². The van der Waals surface area contributed by atoms with E-state index in [4.69, 9.17) is 4.74 Å². The van der Waals surface area contributed by atoms with Crippen LogP contribution >= 0.6 is 11.3 Å². The van der Waals surface area contributed by atoms with Gasteiger partial charge in [0.05, 0.1) is 6.04 Å². The van der Waals surface area contributed by atoms with Crippen LogP contribution in [0.5, 0.6) is 0 Å². The second kappa shape index (κ2) is 13.7. The Hall–Kier alpha value is -2.53. The van der Waals surface area contributed by atoms with Crippen molar-refractivity contribution < 1.29 is 29.0 Å². The summed E-state index contributed by atoms with van der Waals surface area (Å²) in [6.45, 7) is 14.2. The van der Waals surface area contributed by atoms with E-state index >= 15 is 0 Å². The number of nitrogens with one attached hydrogen (secondary N) is 1. The third-order valence-corrected chi connectivity index (χ3v) is 8.99. The maximum atomic E-state index is 14.1. The zero-order chi connectivity index (χ0) is 29.7. The summed E-state index contributed by atoms with van der Waals surface area (Å²) in [6, 6.07) is -1.41. The van der Waals surface area contributed by atoms with Gasteiger partial charge in [0, 0.05) is 31.8 Å². The molecule has 11 heteroatoms. The first-order valence-electron chi connectivity index (χ1n) is 13.7. The van der Waals surface area contributed by atoms with Crippen molar-refractivity contribution >= 4 is 35.1 Å². The molecule has 1 aromatic rings. The third-order valence-electron chi connectivity index (χ3n) is 8.06. The number of likely N-dealkylation sites (tertiary alicyclic amines) is 1. The number of piperidine rings is 1. The highest BCUT2D eigenvalue weighted by molar-refractivity contribution is 7.09. The van der Waals surface area contributed by atoms with Gasteiger partial charge in [0.2, 0.25) is 11.8 Å². The number of rotatable bonds is 12. The van der Waals surface area contributed by atoms with Crippen LogP contribution in [0.25, 0.3) is 0 Å². The lowest BCUT2D eigenvalue weighted by Crippen LogP contribution is -2.60. The van der Waals surface area contributed by atoms with Crippen molar-refractivity contribution in [2.45, 2.75) is 98.4 Å². The molecule has 1 aliphatic heterocycles. The third kappa shape index (κ3) is 8.48. The molecule has 2 heterocycles. The van der Waals surface area contributed by atoms with E-state index in [0.29, 0.717) is 17.3 Å². The van der Waals surface area contributed by atoms with Gasteiger partial charge in [0.25, 0.3) is 0 Å². The van der Waals surface area contributed by atoms with Crippen LogP contribution in [-0.2, 0) is 19.1 Å². The van der Waals surface area contributed by atoms with Crippen molar-refractivity contribution in [3.8, 4) is 0 Å². The van der Waals surface area contributed by atoms with Crippen molar-refractivity contribution in [1.82, 2.24) is 20.1 Å². The second-order valence-electron chi connectivity index (χ2n) is 11.9. The first kappa shape index (κ1) is 32.7. The minimum atomic E-state index is -1.16. The molecule has 0 unspecified atom stereocenters. The molecule has 0 radical (unpaired) electrons. The molecule has 5 atom stereocenters. The highest BCUT2D eigenvalue weighted by Crippen LogP contribution is 2.33. The van der Waals surface area contributed by atoms with Crippen LogP contribution < -0.4 is 5.32 Å². The van der Waals surface area contributed by atoms with E-state index in [0.717, 1.165) is 30.7 Å². The standard InChI is InChI=1S/C28H46N4O6S/c1-10-28(6,7)23(30-24(34)21-13-17(4)11-12-31(21)8)26(35)32(9)20(16(2)3)14-22(38-18(5)33)25-29-19(15-39-25)27(36)37/h15-17,20-23H,10-14H2,1-9H3,(H,30,34)(H,36,37)/t17-,20-,21-,22-,23-/m1/s1. The first-order valence-corrected chi connectivity index (χ1v) is 14.6. The van der Waals surface area contributed by atoms with E-state index in [1.807, 2.05) is 41.7 Å². The molecular formula is C28H46N4O6S. The van der Waals surface area contributed by atoms with Gasteiger partial charge >= 0.3 is 11.9 Å². The summed E-state index contributed by atoms with van der Waals surface area (Å²) in [5, 5.41) is 14.2. The number of carbonyl (C=O) groups excluding carboxylic acids is 3. The number of ether oxygens (including phenoxy) is 1. The van der Waals surface area contributed by atoms with Crippen LogP contribution in [0.3, 0.4) is 0 Å². The van der Waals surface area contributed by atoms with Crippen LogP contribution in [0.15, 0.2) is 5.38 Å². The molecule has 10 nitrogen and oxygen atoms in total. The van der Waals surface area contributed by atoms with Crippen molar-refractivity contribution in [3.63, 3.8) is 0 Å². The van der Waals surface area contributed by atoms with Gasteiger partial charge < -0.3 is 20.1 Å². The average molecular weight is 567 g/mol. The minimum Gasteiger partial charge on any atom is -0.476 e. The molecule has 2 N–H and O–H groups in total. The first-order chi connectivity index (χ1) is 18.1. The predicted octanol–water partition coefficient (Wildman–Crippen LogP) is 3.97. The fourth-order valence-corrected chi connectivity index (χ4v) is 5.83. The van der Waals surface area contributed by atoms with Crippen LogP contribution in [0.4, 0.5) is 0 Å². The highest BCUT2D eigenvalue weighted by atomic mass is 32.1. The molecule has 1 saturated heterocycles. The van der Waals surface area contributed by atoms with Gasteiger partial charge in [-0.05, 0) is 50.1 Å². The van der Waals surface area contributed by atoms with E-state index in [2.05, 4.69) is 22.1 Å². The Morgan fingerprint density at radius 3 is 2.46 bits per heavy atom. The number of nitrogens with zero attached hydrogens (tertiary/aromatic N) is 3. The highest BCUT2D eigenvalue weighted by Gasteiger charge is 2.42. The Morgan fingerprint density at radius 1 is 1.31 bits per heavy atom. The Kier molecular flexibility index (Phi) is 11.5. The van der Waals surface area contributed by atoms with E-state index in [-0.39, 0.29) is 41.9 Å². The molecule has 0 saturated carbocycles. The van der Waals surface area contributed by atoms with Crippen molar-refractivity contribution in [2.75, 3.05) is 20.6 Å². The summed E-state index contributed by atoms with van der Waals surface area (Å²) in [5.74, 6) is -1.63. The summed E-state index contributed by atoms with van der Waals surface area (Å²) in [7, 11) is 3.66. The zero-order valence-corrected chi connectivity index (χ0v) is 25.6. The number of carbonyl (C=O) groups is 4. The molecule has 0 spiro atoms. The number of aromatic nitrogens is 1. The number of hydrogen-bond donors (Lipinski definition) is 2. The van der Waals surface area contributed by atoms with Crippen LogP contribution in [0, 0.1) is 17.3 Å². The molecule has 0 aromatic carbocycles. The summed E-state index contributed by atoms with van der Waals surface area (Å²) >= 11 is 1.11. The van der Waals surface area contributed by atoms with E-state index in [9.17, 15) is 24.3 Å². The van der Waals surface area contributed by atoms with Crippen molar-refractivity contribution in [1.29, 1.82) is 0 Å². The summed E-state index contributed by atoms with van der Waals surface area (Å²) in [4.78, 5) is 58.7. The van der Waals surface area contributed by atoms with Crippen LogP contribution in [-0.4, -0.2) is 82.4 Å². The molecule has 1 fully saturated rings. The van der Waals surface area contributed by atoms with Crippen LogP contribution in [0.1, 0.15) is 95.7 Å². The van der Waals surface area contributed by atoms with E-state index in [1.165, 1.54) is 12.3 Å². The number of likely N-dealkylation sites (N-methyl/N-ethyl adjacent to an activating group) is 2. The second-order valence-corrected chi connectivity index (χ2v) is 12.8. The van der Waals surface area contributed by atoms with Crippen LogP contribution in [0.2, 0.25) is 0 Å². The van der Waals surface area contributed by atoms with Gasteiger partial charge in [0.1, 0.15) is 11.0 Å². The lowest BCUT2D eigenvalue weighted by Gasteiger charge is -2.41. The summed E-state index contributed by atoms with van der Waals surface area (Å²) < 4.78 is 5.56. The number of aromatic carboxylic acids is 1. The lowest BCUT2D eigenvalue weighted by molar-refractivity contribution is -0.149. The van der Waals surface area contributed by atoms with Crippen molar-refractivity contribution in [3.05, 3.63) is 16.1 Å². The molecular weight excluding hydrogens is 520 g/mol. The number of hydrogen-bond acceptors (Lipinski definition) is 8. The molecule has 2 amide bonds. The van der Waals surface area contributed by atoms with Gasteiger partial charge in [-0.2, -0.15) is 0 Å². The Morgan fingerprint density at radius 2 is 1.95 bits per heavy atom. The maximum absolute atomic E-state index is 14.1. The average Bonchev–Trinajstić information content (AvgIpc) is 3.35. The van der Waals surface area contributed by atoms with Gasteiger partial charge in [0.15, 0.2) is 11.8 Å². The molecule has 0 bridgehead atoms. The number of esters is 1. The monoisotopic (exact) mass is 566 g/mol. The quantitative estimate of drug-likeness (QED) is 0.364. The minimum absolute atomic E-state index is 0.0256. The van der Waals surface area contributed by atoms with E-state index in [1.54, 1.807) is 11.9 Å². The van der Waals surface area contributed by atoms with Crippen molar-refractivity contribution in [2.24, 2.45) is 17.3 Å². The fourth-order valence-electron chi connectivity index (χ4n) is 5.00.